The SMILES string of the molecule is O[Si](O)(O)O[Si](O)(O)O.[CaH2].[MgH2]. The Bertz CT molecular complexity index is 81.6. The van der Waals surface area contributed by atoms with Crippen LogP contribution in [0, 0.1) is 0 Å². The maximum absolute atomic E-state index is 7.94. The zero-order chi connectivity index (χ0) is 7.71. The van der Waals surface area contributed by atoms with E-state index in [1.165, 1.54) is 0 Å². The van der Waals surface area contributed by atoms with Crippen molar-refractivity contribution in [3.63, 3.8) is 0 Å². The average molecular weight is 243 g/mol. The van der Waals surface area contributed by atoms with Crippen molar-refractivity contribution < 1.29 is 32.9 Å². The van der Waals surface area contributed by atoms with Gasteiger partial charge in [0.05, 0.1) is 0 Å². The summed E-state index contributed by atoms with van der Waals surface area (Å²) in [6.45, 7) is 0. The van der Waals surface area contributed by atoms with Gasteiger partial charge >= 0.3 is 78.9 Å². The van der Waals surface area contributed by atoms with Gasteiger partial charge in [0.25, 0.3) is 0 Å². The van der Waals surface area contributed by atoms with Crippen molar-refractivity contribution in [2.45, 2.75) is 0 Å². The van der Waals surface area contributed by atoms with Crippen LogP contribution in [0.3, 0.4) is 0 Å². The summed E-state index contributed by atoms with van der Waals surface area (Å²) in [7, 11) is -9.96. The van der Waals surface area contributed by atoms with Gasteiger partial charge in [-0.05, 0) is 0 Å². The van der Waals surface area contributed by atoms with Crippen LogP contribution in [0.1, 0.15) is 0 Å². The molecule has 0 spiro atoms. The van der Waals surface area contributed by atoms with Crippen molar-refractivity contribution in [2.75, 3.05) is 0 Å². The zero-order valence-electron chi connectivity index (χ0n) is 4.09. The monoisotopic (exact) mass is 242 g/mol. The summed E-state index contributed by atoms with van der Waals surface area (Å²) >= 11 is 0. The Hall–Kier alpha value is 2.18. The van der Waals surface area contributed by atoms with E-state index in [-0.39, 0.29) is 60.8 Å². The first-order valence-electron chi connectivity index (χ1n) is 1.75. The smallest absolute Gasteiger partial charge is 0.316 e. The fraction of sp³-hybridized carbons (Fsp3) is 0. The van der Waals surface area contributed by atoms with Gasteiger partial charge in [0.15, 0.2) is 0 Å². The van der Waals surface area contributed by atoms with Gasteiger partial charge in [0, 0.05) is 0 Å². The summed E-state index contributed by atoms with van der Waals surface area (Å²) in [6.07, 6.45) is 0. The predicted octanol–water partition coefficient (Wildman–Crippen LogP) is -6.00. The van der Waals surface area contributed by atoms with Crippen LogP contribution < -0.4 is 0 Å². The van der Waals surface area contributed by atoms with Crippen LogP contribution in [0.25, 0.3) is 0 Å². The Morgan fingerprint density at radius 1 is 0.727 bits per heavy atom. The summed E-state index contributed by atoms with van der Waals surface area (Å²) in [6, 6.07) is 0. The van der Waals surface area contributed by atoms with Gasteiger partial charge in [-0.1, -0.05) is 0 Å². The molecule has 0 rings (SSSR count). The molecule has 0 aliphatic rings. The maximum atomic E-state index is 7.94. The summed E-state index contributed by atoms with van der Waals surface area (Å²) in [4.78, 5) is 47.6. The molecule has 0 heterocycles. The van der Waals surface area contributed by atoms with E-state index in [4.69, 9.17) is 28.8 Å². The predicted molar refractivity (Wildman–Crippen MR) is 43.0 cm³/mol. The quantitative estimate of drug-likeness (QED) is 0.266. The van der Waals surface area contributed by atoms with E-state index in [0.717, 1.165) is 0 Å². The first-order valence-corrected chi connectivity index (χ1v) is 5.25. The van der Waals surface area contributed by atoms with Gasteiger partial charge in [-0.3, -0.25) is 0 Å². The van der Waals surface area contributed by atoms with Crippen molar-refractivity contribution in [1.29, 1.82) is 0 Å². The Kier molecular flexibility index (Phi) is 11.3. The minimum absolute atomic E-state index is 0. The van der Waals surface area contributed by atoms with E-state index in [0.29, 0.717) is 0 Å². The number of hydrogen-bond acceptors (Lipinski definition) is 7. The molecular weight excluding hydrogens is 233 g/mol. The molecule has 11 heavy (non-hydrogen) atoms. The summed E-state index contributed by atoms with van der Waals surface area (Å²) in [5, 5.41) is 0. The van der Waals surface area contributed by atoms with Crippen molar-refractivity contribution >= 4 is 78.9 Å². The maximum Gasteiger partial charge on any atom is 0.316 e. The second-order valence-electron chi connectivity index (χ2n) is 1.25. The summed E-state index contributed by atoms with van der Waals surface area (Å²) in [5.41, 5.74) is 0. The van der Waals surface area contributed by atoms with E-state index in [1.807, 2.05) is 0 Å². The first-order chi connectivity index (χ1) is 3.71. The van der Waals surface area contributed by atoms with Gasteiger partial charge < -0.3 is 32.9 Å². The fourth-order valence-corrected chi connectivity index (χ4v) is 1.65. The molecule has 0 aliphatic carbocycles. The molecule has 11 heteroatoms. The van der Waals surface area contributed by atoms with Crippen LogP contribution in [0.5, 0.6) is 0 Å². The molecule has 0 unspecified atom stereocenters. The van der Waals surface area contributed by atoms with Crippen LogP contribution in [-0.4, -0.2) is 108 Å². The normalized spacial score (nSPS) is 11.5. The third-order valence-electron chi connectivity index (χ3n) is 0.274. The van der Waals surface area contributed by atoms with Crippen LogP contribution in [-0.2, 0) is 4.12 Å². The van der Waals surface area contributed by atoms with Crippen LogP contribution in [0.15, 0.2) is 0 Å². The molecule has 0 atom stereocenters. The Labute approximate surface area is 110 Å². The molecule has 0 bridgehead atoms. The van der Waals surface area contributed by atoms with E-state index in [9.17, 15) is 0 Å². The topological polar surface area (TPSA) is 131 Å². The van der Waals surface area contributed by atoms with Gasteiger partial charge in [0.1, 0.15) is 0 Å². The largest absolute Gasteiger partial charge is 0.316 e. The molecule has 0 saturated carbocycles. The zero-order valence-corrected chi connectivity index (χ0v) is 6.09. The van der Waals surface area contributed by atoms with Gasteiger partial charge in [-0.25, -0.2) is 0 Å². The molecule has 0 aliphatic heterocycles. The van der Waals surface area contributed by atoms with Crippen LogP contribution in [0.2, 0.25) is 0 Å². The average Bonchev–Trinajstić information content (AvgIpc) is 1.14. The fourth-order valence-electron chi connectivity index (χ4n) is 0.184. The molecule has 0 aromatic rings. The van der Waals surface area contributed by atoms with E-state index >= 15 is 0 Å². The molecule has 64 valence electrons. The van der Waals surface area contributed by atoms with E-state index < -0.39 is 18.1 Å². The molecule has 0 saturated heterocycles. The van der Waals surface area contributed by atoms with E-state index in [1.54, 1.807) is 0 Å². The minimum atomic E-state index is -4.98. The Morgan fingerprint density at radius 2 is 0.909 bits per heavy atom. The molecular formula is H10CaMgO7Si2. The molecule has 0 aromatic carbocycles. The standard InChI is InChI=1S/Ca.Mg.H6O7Si2.4H/c;;1-8(2,3)7-9(4,5)6;;;;/h;;1-6H;;;;. The summed E-state index contributed by atoms with van der Waals surface area (Å²) < 4.78 is 3.24. The van der Waals surface area contributed by atoms with Crippen LogP contribution >= 0.6 is 0 Å². The Morgan fingerprint density at radius 3 is 0.909 bits per heavy atom. The molecule has 0 aromatic heterocycles. The molecule has 0 fully saturated rings. The van der Waals surface area contributed by atoms with Gasteiger partial charge in [-0.15, -0.1) is 0 Å². The molecule has 7 nitrogen and oxygen atoms in total. The van der Waals surface area contributed by atoms with Gasteiger partial charge in [0.2, 0.25) is 0 Å². The van der Waals surface area contributed by atoms with Gasteiger partial charge in [-0.2, -0.15) is 0 Å². The van der Waals surface area contributed by atoms with Crippen molar-refractivity contribution in [3.8, 4) is 0 Å². The van der Waals surface area contributed by atoms with Crippen molar-refractivity contribution in [1.82, 2.24) is 0 Å². The third-order valence-corrected chi connectivity index (χ3v) is 2.46. The molecule has 6 N–H and O–H groups in total. The third kappa shape index (κ3) is 18.9. The first kappa shape index (κ1) is 18.9. The number of hydrogen-bond donors (Lipinski definition) is 6. The summed E-state index contributed by atoms with van der Waals surface area (Å²) in [5.74, 6) is 0. The van der Waals surface area contributed by atoms with Crippen LogP contribution in [0.4, 0.5) is 0 Å². The number of rotatable bonds is 2. The van der Waals surface area contributed by atoms with E-state index in [2.05, 4.69) is 4.12 Å². The van der Waals surface area contributed by atoms with Crippen molar-refractivity contribution in [2.24, 2.45) is 0 Å². The van der Waals surface area contributed by atoms with Crippen molar-refractivity contribution in [3.05, 3.63) is 0 Å². The second-order valence-corrected chi connectivity index (χ2v) is 4.36. The second kappa shape index (κ2) is 6.61. The molecule has 0 radical (unpaired) electrons. The Balaban J connectivity index is -0.000000320. The minimum Gasteiger partial charge on any atom is 0.316 e. The molecule has 0 amide bonds.